The van der Waals surface area contributed by atoms with Gasteiger partial charge in [-0.1, -0.05) is 6.07 Å². The molecule has 0 aliphatic carbocycles. The van der Waals surface area contributed by atoms with Gasteiger partial charge in [0.05, 0.1) is 22.8 Å². The van der Waals surface area contributed by atoms with Gasteiger partial charge in [0.1, 0.15) is 5.54 Å². The van der Waals surface area contributed by atoms with Crippen molar-refractivity contribution in [2.75, 3.05) is 38.6 Å². The molecule has 5 rings (SSSR count). The van der Waals surface area contributed by atoms with E-state index in [1.165, 1.54) is 11.3 Å². The molecule has 1 saturated heterocycles. The van der Waals surface area contributed by atoms with Crippen LogP contribution in [-0.2, 0) is 10.3 Å². The lowest BCUT2D eigenvalue weighted by atomic mass is 9.88. The van der Waals surface area contributed by atoms with Gasteiger partial charge in [-0.2, -0.15) is 0 Å². The van der Waals surface area contributed by atoms with Crippen molar-refractivity contribution in [1.82, 2.24) is 19.4 Å². The topological polar surface area (TPSA) is 61.7 Å². The van der Waals surface area contributed by atoms with Crippen molar-refractivity contribution < 1.29 is 9.59 Å². The number of carbonyl (C=O) groups is 2. The number of pyridine rings is 1. The molecule has 3 aromatic rings. The van der Waals surface area contributed by atoms with E-state index >= 15 is 0 Å². The summed E-state index contributed by atoms with van der Waals surface area (Å²) in [4.78, 5) is 36.9. The fourth-order valence-corrected chi connectivity index (χ4v) is 5.26. The highest BCUT2D eigenvalue weighted by Crippen LogP contribution is 2.47. The Morgan fingerprint density at radius 1 is 1.20 bits per heavy atom. The molecule has 154 valence electrons. The van der Waals surface area contributed by atoms with E-state index in [2.05, 4.69) is 20.5 Å². The van der Waals surface area contributed by atoms with E-state index in [0.29, 0.717) is 13.1 Å². The minimum atomic E-state index is -0.474. The van der Waals surface area contributed by atoms with E-state index in [9.17, 15) is 9.59 Å². The lowest BCUT2D eigenvalue weighted by molar-refractivity contribution is -0.127. The number of fused-ring (bicyclic) bond motifs is 4. The molecule has 2 aliphatic rings. The third-order valence-corrected chi connectivity index (χ3v) is 6.94. The first kappa shape index (κ1) is 18.9. The summed E-state index contributed by atoms with van der Waals surface area (Å²) in [6, 6.07) is 11.8. The number of rotatable bonds is 3. The van der Waals surface area contributed by atoms with Crippen LogP contribution in [0.4, 0.5) is 5.69 Å². The van der Waals surface area contributed by atoms with Gasteiger partial charge in [0, 0.05) is 39.6 Å². The minimum absolute atomic E-state index is 0.0206. The average molecular weight is 422 g/mol. The fraction of sp³-hybridized carbons (Fsp3) is 0.318. The van der Waals surface area contributed by atoms with Crippen LogP contribution < -0.4 is 4.90 Å². The van der Waals surface area contributed by atoms with E-state index in [1.54, 1.807) is 25.2 Å². The molecular formula is C22H23N5O2S. The van der Waals surface area contributed by atoms with E-state index in [4.69, 9.17) is 0 Å². The van der Waals surface area contributed by atoms with Crippen LogP contribution in [0.2, 0.25) is 0 Å². The molecule has 2 aliphatic heterocycles. The lowest BCUT2D eigenvalue weighted by Crippen LogP contribution is -2.55. The Hall–Kier alpha value is -3.13. The maximum atomic E-state index is 13.1. The van der Waals surface area contributed by atoms with Crippen molar-refractivity contribution in [2.24, 2.45) is 0 Å². The van der Waals surface area contributed by atoms with Gasteiger partial charge in [-0.05, 0) is 42.1 Å². The molecule has 0 saturated carbocycles. The molecule has 0 unspecified atom stereocenters. The van der Waals surface area contributed by atoms with E-state index in [-0.39, 0.29) is 18.4 Å². The van der Waals surface area contributed by atoms with Crippen LogP contribution in [-0.4, -0.2) is 64.9 Å². The Labute approximate surface area is 179 Å². The molecule has 5 heterocycles. The highest BCUT2D eigenvalue weighted by molar-refractivity contribution is 7.12. The number of hydrogen-bond acceptors (Lipinski definition) is 5. The van der Waals surface area contributed by atoms with Crippen molar-refractivity contribution in [3.63, 3.8) is 0 Å². The maximum absolute atomic E-state index is 13.1. The first-order valence-electron chi connectivity index (χ1n) is 9.95. The zero-order chi connectivity index (χ0) is 20.9. The predicted octanol–water partition coefficient (Wildman–Crippen LogP) is 2.58. The molecule has 8 heteroatoms. The Morgan fingerprint density at radius 2 is 2.07 bits per heavy atom. The summed E-state index contributed by atoms with van der Waals surface area (Å²) in [5.41, 5.74) is 1.52. The normalized spacial score (nSPS) is 19.7. The maximum Gasteiger partial charge on any atom is 0.264 e. The van der Waals surface area contributed by atoms with Gasteiger partial charge >= 0.3 is 0 Å². The highest BCUT2D eigenvalue weighted by atomic mass is 32.1. The number of anilines is 1. The van der Waals surface area contributed by atoms with Gasteiger partial charge in [-0.15, -0.1) is 11.3 Å². The second-order valence-corrected chi connectivity index (χ2v) is 8.92. The first-order chi connectivity index (χ1) is 14.5. The van der Waals surface area contributed by atoms with E-state index < -0.39 is 5.54 Å². The number of likely N-dealkylation sites (tertiary alicyclic amines) is 1. The molecule has 0 radical (unpaired) electrons. The fourth-order valence-electron chi connectivity index (χ4n) is 4.56. The van der Waals surface area contributed by atoms with Gasteiger partial charge < -0.3 is 19.3 Å². The second-order valence-electron chi connectivity index (χ2n) is 7.97. The van der Waals surface area contributed by atoms with Crippen LogP contribution in [0.15, 0.2) is 54.2 Å². The molecule has 1 atom stereocenters. The van der Waals surface area contributed by atoms with Crippen LogP contribution >= 0.6 is 11.3 Å². The highest BCUT2D eigenvalue weighted by Gasteiger charge is 2.51. The molecule has 1 fully saturated rings. The smallest absolute Gasteiger partial charge is 0.264 e. The summed E-state index contributed by atoms with van der Waals surface area (Å²) in [5, 5.41) is 1.93. The van der Waals surface area contributed by atoms with Gasteiger partial charge in [-0.25, -0.2) is 4.98 Å². The molecule has 30 heavy (non-hydrogen) atoms. The summed E-state index contributed by atoms with van der Waals surface area (Å²) < 4.78 is 2.10. The third kappa shape index (κ3) is 2.74. The first-order valence-corrected chi connectivity index (χ1v) is 10.8. The average Bonchev–Trinajstić information content (AvgIpc) is 3.51. The Morgan fingerprint density at radius 3 is 2.83 bits per heavy atom. The summed E-state index contributed by atoms with van der Waals surface area (Å²) in [5.74, 6) is 0.890. The number of carbonyl (C=O) groups excluding carboxylic acids is 2. The van der Waals surface area contributed by atoms with Gasteiger partial charge in [0.25, 0.3) is 5.91 Å². The van der Waals surface area contributed by atoms with Crippen LogP contribution in [0.3, 0.4) is 0 Å². The van der Waals surface area contributed by atoms with Crippen molar-refractivity contribution in [3.8, 4) is 5.82 Å². The zero-order valence-corrected chi connectivity index (χ0v) is 17.8. The van der Waals surface area contributed by atoms with E-state index in [0.717, 1.165) is 28.5 Å². The van der Waals surface area contributed by atoms with Gasteiger partial charge in [-0.3, -0.25) is 9.59 Å². The summed E-state index contributed by atoms with van der Waals surface area (Å²) >= 11 is 1.46. The zero-order valence-electron chi connectivity index (χ0n) is 17.0. The molecular weight excluding hydrogens is 398 g/mol. The second kappa shape index (κ2) is 6.98. The summed E-state index contributed by atoms with van der Waals surface area (Å²) in [7, 11) is 3.54. The standard InChI is InChI=1S/C22H23N5O2S/c1-24(2)19(28)14-27-16-6-3-10-23-20(16)26-11-4-8-18(26)22(27)9-12-25(15-22)21(29)17-7-5-13-30-17/h3-8,10-11,13H,9,12,14-15H2,1-2H3/t22-/m0/s1. The third-order valence-electron chi connectivity index (χ3n) is 6.09. The van der Waals surface area contributed by atoms with Crippen molar-refractivity contribution in [2.45, 2.75) is 12.0 Å². The molecule has 0 bridgehead atoms. The quantitative estimate of drug-likeness (QED) is 0.652. The number of aromatic nitrogens is 2. The van der Waals surface area contributed by atoms with E-state index in [1.807, 2.05) is 46.8 Å². The number of likely N-dealkylation sites (N-methyl/N-ethyl adjacent to an activating group) is 1. The van der Waals surface area contributed by atoms with Crippen molar-refractivity contribution in [1.29, 1.82) is 0 Å². The number of hydrogen-bond donors (Lipinski definition) is 0. The molecule has 0 aromatic carbocycles. The molecule has 7 nitrogen and oxygen atoms in total. The Balaban J connectivity index is 1.60. The molecule has 2 amide bonds. The molecule has 1 spiro atoms. The molecule has 0 N–H and O–H groups in total. The molecule has 3 aromatic heterocycles. The number of thiophene rings is 1. The number of amides is 2. The van der Waals surface area contributed by atoms with Crippen LogP contribution in [0.1, 0.15) is 21.8 Å². The minimum Gasteiger partial charge on any atom is -0.347 e. The number of nitrogens with zero attached hydrogens (tertiary/aromatic N) is 5. The Kier molecular flexibility index (Phi) is 4.39. The van der Waals surface area contributed by atoms with Crippen LogP contribution in [0.5, 0.6) is 0 Å². The Bertz CT molecular complexity index is 1110. The SMILES string of the molecule is CN(C)C(=O)CN1c2cccnc2-n2cccc2[C@@]12CCN(C(=O)c1cccs1)C2. The van der Waals surface area contributed by atoms with Gasteiger partial charge in [0.15, 0.2) is 5.82 Å². The van der Waals surface area contributed by atoms with Crippen LogP contribution in [0.25, 0.3) is 5.82 Å². The lowest BCUT2D eigenvalue weighted by Gasteiger charge is -2.46. The van der Waals surface area contributed by atoms with Crippen LogP contribution in [0, 0.1) is 0 Å². The monoisotopic (exact) mass is 421 g/mol. The van der Waals surface area contributed by atoms with Crippen molar-refractivity contribution >= 4 is 28.8 Å². The summed E-state index contributed by atoms with van der Waals surface area (Å²) in [6.45, 7) is 1.41. The summed E-state index contributed by atoms with van der Waals surface area (Å²) in [6.07, 6.45) is 4.54. The largest absolute Gasteiger partial charge is 0.347 e. The van der Waals surface area contributed by atoms with Gasteiger partial charge in [0.2, 0.25) is 5.91 Å². The predicted molar refractivity (Wildman–Crippen MR) is 116 cm³/mol. The van der Waals surface area contributed by atoms with Crippen molar-refractivity contribution in [3.05, 3.63) is 64.7 Å².